The summed E-state index contributed by atoms with van der Waals surface area (Å²) in [7, 11) is 0. The van der Waals surface area contributed by atoms with Crippen LogP contribution in [-0.4, -0.2) is 20.7 Å². The van der Waals surface area contributed by atoms with Crippen molar-refractivity contribution in [2.75, 3.05) is 5.32 Å². The lowest BCUT2D eigenvalue weighted by Crippen LogP contribution is -2.11. The van der Waals surface area contributed by atoms with E-state index in [-0.39, 0.29) is 0 Å². The van der Waals surface area contributed by atoms with E-state index in [9.17, 15) is 9.18 Å². The van der Waals surface area contributed by atoms with Crippen LogP contribution in [-0.2, 0) is 4.79 Å². The van der Waals surface area contributed by atoms with Crippen molar-refractivity contribution in [3.05, 3.63) is 49.3 Å². The molecule has 0 aliphatic heterocycles. The maximum atomic E-state index is 12.5. The number of aromatic nitrogens is 3. The highest BCUT2D eigenvalue weighted by Crippen LogP contribution is 2.14. The van der Waals surface area contributed by atoms with Crippen molar-refractivity contribution in [2.24, 2.45) is 0 Å². The zero-order chi connectivity index (χ0) is 12.3. The molecule has 0 radical (unpaired) electrons. The van der Waals surface area contributed by atoms with Crippen molar-refractivity contribution in [1.82, 2.24) is 14.8 Å². The predicted octanol–water partition coefficient (Wildman–Crippen LogP) is 1.69. The number of hydrogen-bond acceptors (Lipinski definition) is 3. The summed E-state index contributed by atoms with van der Waals surface area (Å²) in [5.41, 5.74) is 1.23. The first-order chi connectivity index (χ1) is 8.16. The number of benzene rings is 1. The van der Waals surface area contributed by atoms with Crippen molar-refractivity contribution in [3.63, 3.8) is 0 Å². The molecule has 6 heteroatoms. The number of halogens is 1. The van der Waals surface area contributed by atoms with Crippen molar-refractivity contribution >= 4 is 11.6 Å². The fourth-order valence-corrected chi connectivity index (χ4v) is 1.28. The average Bonchev–Trinajstić information content (AvgIpc) is 2.82. The molecule has 1 amide bonds. The van der Waals surface area contributed by atoms with E-state index in [4.69, 9.17) is 0 Å². The minimum atomic E-state index is -1.03. The summed E-state index contributed by atoms with van der Waals surface area (Å²) in [6.45, 7) is 2.92. The summed E-state index contributed by atoms with van der Waals surface area (Å²) < 4.78 is 14.2. The van der Waals surface area contributed by atoms with Gasteiger partial charge in [-0.25, -0.2) is 4.39 Å². The largest absolute Gasteiger partial charge is 0.320 e. The molecule has 0 atom stereocenters. The van der Waals surface area contributed by atoms with E-state index in [2.05, 4.69) is 22.1 Å². The van der Waals surface area contributed by atoms with Crippen LogP contribution in [0.2, 0.25) is 0 Å². The van der Waals surface area contributed by atoms with Gasteiger partial charge < -0.3 is 5.32 Å². The van der Waals surface area contributed by atoms with E-state index in [0.29, 0.717) is 5.69 Å². The summed E-state index contributed by atoms with van der Waals surface area (Å²) in [4.78, 5) is 11.1. The van der Waals surface area contributed by atoms with Crippen LogP contribution in [0.1, 0.15) is 0 Å². The highest BCUT2D eigenvalue weighted by atomic mass is 19.1. The Balaban J connectivity index is 2.23. The van der Waals surface area contributed by atoms with Crippen LogP contribution in [0.3, 0.4) is 0 Å². The van der Waals surface area contributed by atoms with E-state index in [0.717, 1.165) is 5.69 Å². The smallest absolute Gasteiger partial charge is 0.283 e. The quantitative estimate of drug-likeness (QED) is 0.819. The Morgan fingerprint density at radius 2 is 2.06 bits per heavy atom. The van der Waals surface area contributed by atoms with Crippen molar-refractivity contribution < 1.29 is 9.18 Å². The SMILES string of the molecule is C=C(F)C(=O)Nc1cccc(-n2cnnc2)c1. The lowest BCUT2D eigenvalue weighted by Gasteiger charge is -2.06. The number of carbonyl (C=O) groups is 1. The molecule has 2 aromatic rings. The number of carbonyl (C=O) groups excluding carboxylic acids is 1. The summed E-state index contributed by atoms with van der Waals surface area (Å²) in [6, 6.07) is 6.86. The van der Waals surface area contributed by atoms with E-state index in [1.807, 2.05) is 6.07 Å². The normalized spacial score (nSPS) is 9.94. The zero-order valence-corrected chi connectivity index (χ0v) is 8.80. The highest BCUT2D eigenvalue weighted by Gasteiger charge is 2.06. The molecule has 5 nitrogen and oxygen atoms in total. The maximum Gasteiger partial charge on any atom is 0.283 e. The van der Waals surface area contributed by atoms with Crippen molar-refractivity contribution in [1.29, 1.82) is 0 Å². The van der Waals surface area contributed by atoms with Crippen LogP contribution in [0.5, 0.6) is 0 Å². The molecule has 0 aliphatic carbocycles. The predicted molar refractivity (Wildman–Crippen MR) is 60.2 cm³/mol. The number of nitrogens with zero attached hydrogens (tertiary/aromatic N) is 3. The zero-order valence-electron chi connectivity index (χ0n) is 8.80. The number of anilines is 1. The van der Waals surface area contributed by atoms with Gasteiger partial charge in [0.15, 0.2) is 5.83 Å². The Morgan fingerprint density at radius 3 is 2.71 bits per heavy atom. The van der Waals surface area contributed by atoms with E-state index >= 15 is 0 Å². The van der Waals surface area contributed by atoms with E-state index in [1.54, 1.807) is 22.8 Å². The first kappa shape index (κ1) is 11.0. The van der Waals surface area contributed by atoms with Gasteiger partial charge in [0.05, 0.1) is 5.69 Å². The van der Waals surface area contributed by atoms with Gasteiger partial charge in [0, 0.05) is 5.69 Å². The molecule has 1 N–H and O–H groups in total. The standard InChI is InChI=1S/C11H9FN4O/c1-8(12)11(17)15-9-3-2-4-10(5-9)16-6-13-14-7-16/h2-7H,1H2,(H,15,17). The van der Waals surface area contributed by atoms with Gasteiger partial charge in [-0.2, -0.15) is 0 Å². The molecule has 0 bridgehead atoms. The summed E-state index contributed by atoms with van der Waals surface area (Å²) >= 11 is 0. The molecular formula is C11H9FN4O. The van der Waals surface area contributed by atoms with Gasteiger partial charge in [0.2, 0.25) is 0 Å². The second kappa shape index (κ2) is 4.56. The Morgan fingerprint density at radius 1 is 1.35 bits per heavy atom. The Labute approximate surface area is 96.6 Å². The monoisotopic (exact) mass is 232 g/mol. The van der Waals surface area contributed by atoms with Gasteiger partial charge in [0.1, 0.15) is 12.7 Å². The lowest BCUT2D eigenvalue weighted by atomic mass is 10.2. The second-order valence-electron chi connectivity index (χ2n) is 3.28. The minimum Gasteiger partial charge on any atom is -0.320 e. The molecule has 2 rings (SSSR count). The summed E-state index contributed by atoms with van der Waals surface area (Å²) in [5.74, 6) is -1.88. The fourth-order valence-electron chi connectivity index (χ4n) is 1.28. The molecule has 1 heterocycles. The Kier molecular flexibility index (Phi) is 2.95. The van der Waals surface area contributed by atoms with Crippen molar-refractivity contribution in [2.45, 2.75) is 0 Å². The number of rotatable bonds is 3. The third-order valence-electron chi connectivity index (χ3n) is 2.07. The Hall–Kier alpha value is -2.50. The first-order valence-electron chi connectivity index (χ1n) is 4.77. The second-order valence-corrected chi connectivity index (χ2v) is 3.28. The van der Waals surface area contributed by atoms with Crippen LogP contribution in [0.4, 0.5) is 10.1 Å². The number of amides is 1. The minimum absolute atomic E-state index is 0.472. The molecule has 0 saturated carbocycles. The molecule has 0 fully saturated rings. The van der Waals surface area contributed by atoms with Gasteiger partial charge in [-0.1, -0.05) is 12.6 Å². The third kappa shape index (κ3) is 2.54. The molecule has 0 spiro atoms. The molecular weight excluding hydrogens is 223 g/mol. The van der Waals surface area contributed by atoms with Crippen LogP contribution in [0.25, 0.3) is 5.69 Å². The number of hydrogen-bond donors (Lipinski definition) is 1. The maximum absolute atomic E-state index is 12.5. The lowest BCUT2D eigenvalue weighted by molar-refractivity contribution is -0.114. The summed E-state index contributed by atoms with van der Waals surface area (Å²) in [5, 5.41) is 9.71. The molecule has 86 valence electrons. The summed E-state index contributed by atoms with van der Waals surface area (Å²) in [6.07, 6.45) is 3.05. The average molecular weight is 232 g/mol. The van der Waals surface area contributed by atoms with E-state index < -0.39 is 11.7 Å². The van der Waals surface area contributed by atoms with Gasteiger partial charge in [-0.3, -0.25) is 9.36 Å². The molecule has 0 unspecified atom stereocenters. The topological polar surface area (TPSA) is 59.8 Å². The van der Waals surface area contributed by atoms with Crippen molar-refractivity contribution in [3.8, 4) is 5.69 Å². The van der Waals surface area contributed by atoms with Crippen LogP contribution >= 0.6 is 0 Å². The Bertz CT molecular complexity index is 550. The van der Waals surface area contributed by atoms with Crippen LogP contribution in [0.15, 0.2) is 49.3 Å². The van der Waals surface area contributed by atoms with Gasteiger partial charge in [-0.05, 0) is 18.2 Å². The molecule has 0 aliphatic rings. The first-order valence-corrected chi connectivity index (χ1v) is 4.77. The van der Waals surface area contributed by atoms with E-state index in [1.165, 1.54) is 12.7 Å². The molecule has 1 aromatic carbocycles. The molecule has 1 aromatic heterocycles. The molecule has 0 saturated heterocycles. The number of nitrogens with one attached hydrogen (secondary N) is 1. The molecule has 17 heavy (non-hydrogen) atoms. The highest BCUT2D eigenvalue weighted by molar-refractivity contribution is 6.01. The third-order valence-corrected chi connectivity index (χ3v) is 2.07. The van der Waals surface area contributed by atoms with Gasteiger partial charge >= 0.3 is 0 Å². The van der Waals surface area contributed by atoms with Crippen LogP contribution < -0.4 is 5.32 Å². The fraction of sp³-hybridized carbons (Fsp3) is 0. The van der Waals surface area contributed by atoms with Crippen LogP contribution in [0, 0.1) is 0 Å². The van der Waals surface area contributed by atoms with Gasteiger partial charge in [0.25, 0.3) is 5.91 Å². The van der Waals surface area contributed by atoms with Gasteiger partial charge in [-0.15, -0.1) is 10.2 Å².